The number of methoxy groups -OCH3 is 1. The number of hydrogen-bond donors (Lipinski definition) is 1. The zero-order valence-electron chi connectivity index (χ0n) is 13.5. The van der Waals surface area contributed by atoms with E-state index in [9.17, 15) is 0 Å². The highest BCUT2D eigenvalue weighted by Crippen LogP contribution is 2.22. The number of rotatable bonds is 7. The Morgan fingerprint density at radius 1 is 1.43 bits per heavy atom. The van der Waals surface area contributed by atoms with E-state index < -0.39 is 0 Å². The molecule has 1 fully saturated rings. The highest BCUT2D eigenvalue weighted by Gasteiger charge is 2.17. The average Bonchev–Trinajstić information content (AvgIpc) is 2.49. The first-order valence-electron chi connectivity index (χ1n) is 7.79. The molecule has 118 valence electrons. The van der Waals surface area contributed by atoms with Gasteiger partial charge in [-0.1, -0.05) is 6.07 Å². The van der Waals surface area contributed by atoms with E-state index in [-0.39, 0.29) is 0 Å². The lowest BCUT2D eigenvalue weighted by atomic mass is 10.0. The number of benzene rings is 1. The molecule has 1 unspecified atom stereocenters. The van der Waals surface area contributed by atoms with Crippen LogP contribution in [0.3, 0.4) is 0 Å². The van der Waals surface area contributed by atoms with Crippen molar-refractivity contribution in [2.24, 2.45) is 5.92 Å². The summed E-state index contributed by atoms with van der Waals surface area (Å²) in [6, 6.07) is 6.43. The minimum Gasteiger partial charge on any atom is -0.496 e. The lowest BCUT2D eigenvalue weighted by Crippen LogP contribution is -2.30. The minimum absolute atomic E-state index is 0.662. The molecule has 4 nitrogen and oxygen atoms in total. The molecule has 1 saturated heterocycles. The number of ether oxygens (including phenoxy) is 2. The summed E-state index contributed by atoms with van der Waals surface area (Å²) in [5, 5.41) is 3.20. The van der Waals surface area contributed by atoms with Gasteiger partial charge in [0, 0.05) is 31.8 Å². The fourth-order valence-corrected chi connectivity index (χ4v) is 3.02. The van der Waals surface area contributed by atoms with Crippen molar-refractivity contribution in [2.45, 2.75) is 25.9 Å². The maximum atomic E-state index is 5.57. The molecule has 1 aromatic carbocycles. The summed E-state index contributed by atoms with van der Waals surface area (Å²) in [5.41, 5.74) is 2.55. The van der Waals surface area contributed by atoms with Crippen LogP contribution in [-0.2, 0) is 17.8 Å². The molecule has 0 radical (unpaired) electrons. The molecule has 0 aliphatic carbocycles. The summed E-state index contributed by atoms with van der Waals surface area (Å²) in [6.07, 6.45) is 2.47. The van der Waals surface area contributed by atoms with Crippen LogP contribution < -0.4 is 10.1 Å². The van der Waals surface area contributed by atoms with E-state index in [1.807, 2.05) is 7.05 Å². The Balaban J connectivity index is 1.97. The first kappa shape index (κ1) is 16.3. The second kappa shape index (κ2) is 8.37. The second-order valence-electron chi connectivity index (χ2n) is 5.96. The Morgan fingerprint density at radius 3 is 2.95 bits per heavy atom. The summed E-state index contributed by atoms with van der Waals surface area (Å²) in [6.45, 7) is 4.72. The zero-order valence-corrected chi connectivity index (χ0v) is 13.5. The van der Waals surface area contributed by atoms with Crippen molar-refractivity contribution in [3.8, 4) is 5.75 Å². The van der Waals surface area contributed by atoms with E-state index in [1.165, 1.54) is 24.0 Å². The molecule has 1 atom stereocenters. The van der Waals surface area contributed by atoms with Gasteiger partial charge in [-0.15, -0.1) is 0 Å². The Kier molecular flexibility index (Phi) is 6.49. The summed E-state index contributed by atoms with van der Waals surface area (Å²) < 4.78 is 11.1. The maximum absolute atomic E-state index is 5.57. The topological polar surface area (TPSA) is 33.7 Å². The van der Waals surface area contributed by atoms with Crippen molar-refractivity contribution in [2.75, 3.05) is 41.0 Å². The lowest BCUT2D eigenvalue weighted by Gasteiger charge is -2.27. The van der Waals surface area contributed by atoms with Gasteiger partial charge < -0.3 is 19.7 Å². The SMILES string of the molecule is CNCc1ccc(OC)c(CN(C)CC2CCCOC2)c1. The molecule has 1 aliphatic heterocycles. The van der Waals surface area contributed by atoms with Crippen LogP contribution in [0.15, 0.2) is 18.2 Å². The van der Waals surface area contributed by atoms with Crippen LogP contribution in [0, 0.1) is 5.92 Å². The van der Waals surface area contributed by atoms with Gasteiger partial charge in [0.15, 0.2) is 0 Å². The van der Waals surface area contributed by atoms with Crippen LogP contribution in [-0.4, -0.2) is 45.9 Å². The molecular formula is C17H28N2O2. The van der Waals surface area contributed by atoms with Crippen LogP contribution in [0.25, 0.3) is 0 Å². The van der Waals surface area contributed by atoms with Gasteiger partial charge >= 0.3 is 0 Å². The fourth-order valence-electron chi connectivity index (χ4n) is 3.02. The number of nitrogens with zero attached hydrogens (tertiary/aromatic N) is 1. The van der Waals surface area contributed by atoms with Gasteiger partial charge in [-0.05, 0) is 50.6 Å². The average molecular weight is 292 g/mol. The van der Waals surface area contributed by atoms with E-state index >= 15 is 0 Å². The molecule has 21 heavy (non-hydrogen) atoms. The van der Waals surface area contributed by atoms with E-state index in [2.05, 4.69) is 35.5 Å². The zero-order chi connectivity index (χ0) is 15.1. The van der Waals surface area contributed by atoms with Gasteiger partial charge in [0.1, 0.15) is 5.75 Å². The fraction of sp³-hybridized carbons (Fsp3) is 0.647. The van der Waals surface area contributed by atoms with Crippen molar-refractivity contribution >= 4 is 0 Å². The molecular weight excluding hydrogens is 264 g/mol. The first-order valence-corrected chi connectivity index (χ1v) is 7.79. The molecule has 1 heterocycles. The van der Waals surface area contributed by atoms with Crippen LogP contribution in [0.4, 0.5) is 0 Å². The normalized spacial score (nSPS) is 19.0. The molecule has 1 aromatic rings. The molecule has 2 rings (SSSR count). The van der Waals surface area contributed by atoms with E-state index in [0.29, 0.717) is 5.92 Å². The summed E-state index contributed by atoms with van der Waals surface area (Å²) in [5.74, 6) is 1.64. The number of nitrogens with one attached hydrogen (secondary N) is 1. The van der Waals surface area contributed by atoms with Crippen molar-refractivity contribution in [3.63, 3.8) is 0 Å². The second-order valence-corrected chi connectivity index (χ2v) is 5.96. The Hall–Kier alpha value is -1.10. The Morgan fingerprint density at radius 2 is 2.29 bits per heavy atom. The van der Waals surface area contributed by atoms with Crippen LogP contribution in [0.5, 0.6) is 5.75 Å². The van der Waals surface area contributed by atoms with Gasteiger partial charge in [0.2, 0.25) is 0 Å². The van der Waals surface area contributed by atoms with Crippen molar-refractivity contribution in [3.05, 3.63) is 29.3 Å². The standard InChI is InChI=1S/C17H28N2O2/c1-18-10-14-6-7-17(20-3)16(9-14)12-19(2)11-15-5-4-8-21-13-15/h6-7,9,15,18H,4-5,8,10-13H2,1-3H3. The van der Waals surface area contributed by atoms with Crippen LogP contribution in [0.2, 0.25) is 0 Å². The number of hydrogen-bond acceptors (Lipinski definition) is 4. The molecule has 1 aliphatic rings. The summed E-state index contributed by atoms with van der Waals surface area (Å²) >= 11 is 0. The predicted molar refractivity (Wildman–Crippen MR) is 85.6 cm³/mol. The third kappa shape index (κ3) is 4.99. The quantitative estimate of drug-likeness (QED) is 0.836. The third-order valence-electron chi connectivity index (χ3n) is 3.99. The monoisotopic (exact) mass is 292 g/mol. The van der Waals surface area contributed by atoms with Crippen molar-refractivity contribution < 1.29 is 9.47 Å². The van der Waals surface area contributed by atoms with Gasteiger partial charge in [-0.3, -0.25) is 0 Å². The van der Waals surface area contributed by atoms with Crippen molar-refractivity contribution in [1.29, 1.82) is 0 Å². The maximum Gasteiger partial charge on any atom is 0.123 e. The lowest BCUT2D eigenvalue weighted by molar-refractivity contribution is 0.0411. The van der Waals surface area contributed by atoms with Gasteiger partial charge in [-0.25, -0.2) is 0 Å². The largest absolute Gasteiger partial charge is 0.496 e. The van der Waals surface area contributed by atoms with Crippen molar-refractivity contribution in [1.82, 2.24) is 10.2 Å². The van der Waals surface area contributed by atoms with Gasteiger partial charge in [-0.2, -0.15) is 0 Å². The first-order chi connectivity index (χ1) is 10.2. The minimum atomic E-state index is 0.662. The van der Waals surface area contributed by atoms with Crippen LogP contribution >= 0.6 is 0 Å². The van der Waals surface area contributed by atoms with E-state index in [0.717, 1.165) is 38.6 Å². The molecule has 0 bridgehead atoms. The van der Waals surface area contributed by atoms with E-state index in [4.69, 9.17) is 9.47 Å². The smallest absolute Gasteiger partial charge is 0.123 e. The molecule has 4 heteroatoms. The Bertz CT molecular complexity index is 431. The van der Waals surface area contributed by atoms with Crippen LogP contribution in [0.1, 0.15) is 24.0 Å². The van der Waals surface area contributed by atoms with Gasteiger partial charge in [0.05, 0.1) is 13.7 Å². The predicted octanol–water partition coefficient (Wildman–Crippen LogP) is 2.27. The van der Waals surface area contributed by atoms with E-state index in [1.54, 1.807) is 7.11 Å². The molecule has 0 amide bonds. The van der Waals surface area contributed by atoms with Gasteiger partial charge in [0.25, 0.3) is 0 Å². The summed E-state index contributed by atoms with van der Waals surface area (Å²) in [7, 11) is 5.89. The summed E-state index contributed by atoms with van der Waals surface area (Å²) in [4.78, 5) is 2.38. The molecule has 0 spiro atoms. The highest BCUT2D eigenvalue weighted by molar-refractivity contribution is 5.37. The Labute approximate surface area is 128 Å². The highest BCUT2D eigenvalue weighted by atomic mass is 16.5. The molecule has 0 aromatic heterocycles. The molecule has 0 saturated carbocycles. The third-order valence-corrected chi connectivity index (χ3v) is 3.99. The molecule has 1 N–H and O–H groups in total.